The summed E-state index contributed by atoms with van der Waals surface area (Å²) in [5.74, 6) is -0.126. The average Bonchev–Trinajstić information content (AvgIpc) is 3.60. The number of amides is 1. The molecule has 1 amide bonds. The zero-order valence-electron chi connectivity index (χ0n) is 18.8. The molecule has 0 atom stereocenters. The highest BCUT2D eigenvalue weighted by molar-refractivity contribution is 7.89. The maximum absolute atomic E-state index is 13.1. The Balaban J connectivity index is 1.17. The maximum atomic E-state index is 13.1. The second-order valence-electron chi connectivity index (χ2n) is 9.19. The van der Waals surface area contributed by atoms with E-state index >= 15 is 0 Å². The first-order valence-electron chi connectivity index (χ1n) is 11.8. The maximum Gasteiger partial charge on any atom is 0.270 e. The summed E-state index contributed by atoms with van der Waals surface area (Å²) in [6.07, 6.45) is 6.69. The Morgan fingerprint density at radius 1 is 0.879 bits per heavy atom. The smallest absolute Gasteiger partial charge is 0.270 e. The van der Waals surface area contributed by atoms with Gasteiger partial charge in [-0.2, -0.15) is 4.31 Å². The third kappa shape index (κ3) is 4.49. The van der Waals surface area contributed by atoms with E-state index in [1.54, 1.807) is 23.2 Å². The Bertz CT molecular complexity index is 1160. The number of carbonyl (C=O) groups excluding carboxylic acids is 2. The van der Waals surface area contributed by atoms with Gasteiger partial charge >= 0.3 is 0 Å². The van der Waals surface area contributed by atoms with Crippen molar-refractivity contribution in [1.29, 1.82) is 0 Å². The van der Waals surface area contributed by atoms with Crippen molar-refractivity contribution in [3.63, 3.8) is 0 Å². The molecule has 8 nitrogen and oxygen atoms in total. The van der Waals surface area contributed by atoms with Gasteiger partial charge in [-0.1, -0.05) is 6.07 Å². The molecule has 2 aromatic rings. The highest BCUT2D eigenvalue weighted by atomic mass is 32.2. The molecule has 176 valence electrons. The van der Waals surface area contributed by atoms with Crippen LogP contribution in [-0.2, 0) is 22.9 Å². The van der Waals surface area contributed by atoms with Crippen molar-refractivity contribution in [2.24, 2.45) is 0 Å². The minimum atomic E-state index is -3.53. The normalized spacial score (nSPS) is 19.7. The average molecular weight is 471 g/mol. The molecule has 0 radical (unpaired) electrons. The van der Waals surface area contributed by atoms with Crippen LogP contribution >= 0.6 is 0 Å². The van der Waals surface area contributed by atoms with Gasteiger partial charge in [-0.05, 0) is 61.4 Å². The zero-order chi connectivity index (χ0) is 23.0. The summed E-state index contributed by atoms with van der Waals surface area (Å²) >= 11 is 0. The quantitative estimate of drug-likeness (QED) is 0.651. The largest absolute Gasteiger partial charge is 0.356 e. The number of benzene rings is 1. The number of fused-ring (bicyclic) bond motifs is 1. The second-order valence-corrected chi connectivity index (χ2v) is 11.1. The number of aromatic nitrogens is 1. The lowest BCUT2D eigenvalue weighted by atomic mass is 10.1. The highest BCUT2D eigenvalue weighted by Crippen LogP contribution is 2.26. The fourth-order valence-electron chi connectivity index (χ4n) is 5.05. The summed E-state index contributed by atoms with van der Waals surface area (Å²) in [5, 5.41) is 0. The van der Waals surface area contributed by atoms with Gasteiger partial charge in [-0.15, -0.1) is 0 Å². The summed E-state index contributed by atoms with van der Waals surface area (Å²) < 4.78 is 27.7. The Morgan fingerprint density at radius 3 is 2.36 bits per heavy atom. The number of carbonyl (C=O) groups is 2. The van der Waals surface area contributed by atoms with Crippen molar-refractivity contribution in [3.05, 3.63) is 52.8 Å². The molecule has 1 aromatic heterocycles. The van der Waals surface area contributed by atoms with E-state index in [0.29, 0.717) is 42.3 Å². The van der Waals surface area contributed by atoms with Gasteiger partial charge in [0, 0.05) is 51.0 Å². The lowest BCUT2D eigenvalue weighted by Gasteiger charge is -2.33. The first kappa shape index (κ1) is 22.3. The van der Waals surface area contributed by atoms with E-state index in [1.807, 2.05) is 17.0 Å². The molecule has 33 heavy (non-hydrogen) atoms. The van der Waals surface area contributed by atoms with Crippen LogP contribution in [0, 0.1) is 0 Å². The van der Waals surface area contributed by atoms with Crippen LogP contribution in [0.3, 0.4) is 0 Å². The number of hydrogen-bond donors (Lipinski definition) is 1. The van der Waals surface area contributed by atoms with Gasteiger partial charge < -0.3 is 9.88 Å². The van der Waals surface area contributed by atoms with Gasteiger partial charge in [-0.25, -0.2) is 8.42 Å². The summed E-state index contributed by atoms with van der Waals surface area (Å²) in [6.45, 7) is 3.46. The molecule has 3 aliphatic rings. The van der Waals surface area contributed by atoms with Crippen LogP contribution in [0.25, 0.3) is 0 Å². The number of piperazine rings is 1. The number of aromatic amines is 1. The summed E-state index contributed by atoms with van der Waals surface area (Å²) in [5.41, 5.74) is 3.35. The molecule has 0 unspecified atom stereocenters. The fraction of sp³-hybridized carbons (Fsp3) is 0.500. The van der Waals surface area contributed by atoms with Crippen LogP contribution in [-0.4, -0.2) is 85.0 Å². The van der Waals surface area contributed by atoms with Gasteiger partial charge in [0.2, 0.25) is 10.0 Å². The lowest BCUT2D eigenvalue weighted by molar-refractivity contribution is 0.0787. The Morgan fingerprint density at radius 2 is 1.61 bits per heavy atom. The molecule has 1 N–H and O–H groups in total. The number of Topliss-reactive ketones (excluding diaryl/α,β-unsaturated/α-hetero) is 1. The van der Waals surface area contributed by atoms with Crippen molar-refractivity contribution in [1.82, 2.24) is 19.1 Å². The number of rotatable bonds is 6. The van der Waals surface area contributed by atoms with E-state index < -0.39 is 10.0 Å². The summed E-state index contributed by atoms with van der Waals surface area (Å²) in [4.78, 5) is 32.4. The second kappa shape index (κ2) is 9.04. The molecule has 2 fully saturated rings. The minimum absolute atomic E-state index is 0.0584. The monoisotopic (exact) mass is 470 g/mol. The molecule has 1 aliphatic carbocycles. The van der Waals surface area contributed by atoms with Crippen molar-refractivity contribution in [3.8, 4) is 0 Å². The van der Waals surface area contributed by atoms with Crippen molar-refractivity contribution in [2.75, 3.05) is 45.8 Å². The number of nitrogens with one attached hydrogen (secondary N) is 1. The Labute approximate surface area is 194 Å². The summed E-state index contributed by atoms with van der Waals surface area (Å²) in [7, 11) is -3.53. The van der Waals surface area contributed by atoms with Crippen molar-refractivity contribution < 1.29 is 18.0 Å². The molecule has 9 heteroatoms. The molecule has 2 aliphatic heterocycles. The van der Waals surface area contributed by atoms with Gasteiger partial charge in [0.05, 0.1) is 11.4 Å². The first-order chi connectivity index (χ1) is 15.9. The number of ketones is 1. The first-order valence-corrected chi connectivity index (χ1v) is 13.2. The third-order valence-corrected chi connectivity index (χ3v) is 8.93. The van der Waals surface area contributed by atoms with E-state index in [1.165, 1.54) is 9.87 Å². The number of nitrogens with zero attached hydrogens (tertiary/aromatic N) is 3. The third-order valence-electron chi connectivity index (χ3n) is 7.03. The Hall–Kier alpha value is -2.49. The molecular formula is C24H30N4O4S. The number of H-pyrrole nitrogens is 1. The number of likely N-dealkylation sites (tertiary alicyclic amines) is 1. The van der Waals surface area contributed by atoms with Crippen LogP contribution in [0.1, 0.15) is 51.2 Å². The topological polar surface area (TPSA) is 93.8 Å². The molecule has 2 saturated heterocycles. The van der Waals surface area contributed by atoms with Gasteiger partial charge in [-0.3, -0.25) is 14.5 Å². The number of sulfonamides is 1. The zero-order valence-corrected chi connectivity index (χ0v) is 19.6. The van der Waals surface area contributed by atoms with E-state index in [4.69, 9.17) is 0 Å². The molecular weight excluding hydrogens is 440 g/mol. The van der Waals surface area contributed by atoms with Crippen molar-refractivity contribution >= 4 is 21.7 Å². The van der Waals surface area contributed by atoms with Crippen LogP contribution in [0.4, 0.5) is 0 Å². The van der Waals surface area contributed by atoms with E-state index in [9.17, 15) is 18.0 Å². The molecule has 0 spiro atoms. The van der Waals surface area contributed by atoms with Crippen LogP contribution in [0.2, 0.25) is 0 Å². The molecule has 0 saturated carbocycles. The highest BCUT2D eigenvalue weighted by Gasteiger charge is 2.30. The van der Waals surface area contributed by atoms with Gasteiger partial charge in [0.25, 0.3) is 5.91 Å². The number of aryl methyl sites for hydroxylation is 2. The van der Waals surface area contributed by atoms with E-state index in [-0.39, 0.29) is 18.2 Å². The lowest BCUT2D eigenvalue weighted by Crippen LogP contribution is -2.49. The molecule has 5 rings (SSSR count). The predicted octanol–water partition coefficient (Wildman–Crippen LogP) is 1.93. The molecule has 0 bridgehead atoms. The predicted molar refractivity (Wildman–Crippen MR) is 124 cm³/mol. The fourth-order valence-corrected chi connectivity index (χ4v) is 6.52. The standard InChI is InChI=1S/C24H30N4O4S/c29-23(20-15-22(25-16-20)24(30)27-8-1-2-9-27)17-26-10-12-28(13-11-26)33(31,32)21-7-6-18-4-3-5-19(18)14-21/h6-7,14-16,25H,1-5,8-13,17H2. The van der Waals surface area contributed by atoms with Crippen LogP contribution in [0.15, 0.2) is 35.4 Å². The SMILES string of the molecule is O=C(CN1CCN(S(=O)(=O)c2ccc3c(c2)CCC3)CC1)c1c[nH]c(C(=O)N2CCCC2)c1. The van der Waals surface area contributed by atoms with Gasteiger partial charge in [0.1, 0.15) is 5.69 Å². The van der Waals surface area contributed by atoms with Crippen molar-refractivity contribution in [2.45, 2.75) is 37.0 Å². The minimum Gasteiger partial charge on any atom is -0.356 e. The number of hydrogen-bond acceptors (Lipinski definition) is 5. The Kier molecular flexibility index (Phi) is 6.11. The van der Waals surface area contributed by atoms with E-state index in [0.717, 1.165) is 50.8 Å². The molecule has 1 aromatic carbocycles. The van der Waals surface area contributed by atoms with Crippen LogP contribution in [0.5, 0.6) is 0 Å². The summed E-state index contributed by atoms with van der Waals surface area (Å²) in [6, 6.07) is 7.14. The van der Waals surface area contributed by atoms with E-state index in [2.05, 4.69) is 4.98 Å². The molecule has 3 heterocycles. The van der Waals surface area contributed by atoms with Gasteiger partial charge in [0.15, 0.2) is 5.78 Å². The van der Waals surface area contributed by atoms with Crippen LogP contribution < -0.4 is 0 Å².